The predicted octanol–water partition coefficient (Wildman–Crippen LogP) is 4.19. The van der Waals surface area contributed by atoms with Crippen molar-refractivity contribution in [3.05, 3.63) is 83.2 Å². The summed E-state index contributed by atoms with van der Waals surface area (Å²) in [6, 6.07) is 20.0. The molecule has 0 aliphatic rings. The van der Waals surface area contributed by atoms with Gasteiger partial charge < -0.3 is 20.0 Å². The maximum Gasteiger partial charge on any atom is 0.256 e. The lowest BCUT2D eigenvalue weighted by atomic mass is 10.0. The van der Waals surface area contributed by atoms with E-state index in [0.29, 0.717) is 22.4 Å². The van der Waals surface area contributed by atoms with Crippen molar-refractivity contribution in [1.82, 2.24) is 0 Å². The van der Waals surface area contributed by atoms with Gasteiger partial charge >= 0.3 is 0 Å². The Kier molecular flexibility index (Phi) is 5.01. The number of aromatic carboxylic acids is 1. The van der Waals surface area contributed by atoms with Crippen LogP contribution in [-0.4, -0.2) is 19.0 Å². The number of thiophene rings is 1. The van der Waals surface area contributed by atoms with Crippen molar-refractivity contribution in [3.63, 3.8) is 0 Å². The van der Waals surface area contributed by atoms with Crippen molar-refractivity contribution in [2.75, 3.05) is 12.4 Å². The highest BCUT2D eigenvalue weighted by atomic mass is 32.1. The minimum absolute atomic E-state index is 0.0336. The number of amides is 1. The molecule has 0 aliphatic carbocycles. The van der Waals surface area contributed by atoms with Crippen molar-refractivity contribution in [3.8, 4) is 16.9 Å². The first-order valence-electron chi connectivity index (χ1n) is 8.85. The summed E-state index contributed by atoms with van der Waals surface area (Å²) >= 11 is 1.15. The third kappa shape index (κ3) is 3.58. The molecule has 1 amide bonds. The van der Waals surface area contributed by atoms with Gasteiger partial charge in [0.05, 0.1) is 13.1 Å². The number of ether oxygens (including phenoxy) is 1. The number of carboxylic acid groups (broad SMARTS) is 1. The summed E-state index contributed by atoms with van der Waals surface area (Å²) in [5.74, 6) is -1.04. The molecule has 0 fully saturated rings. The number of methoxy groups -OCH3 is 1. The zero-order valence-corrected chi connectivity index (χ0v) is 16.3. The van der Waals surface area contributed by atoms with Crippen molar-refractivity contribution in [2.24, 2.45) is 0 Å². The molecule has 0 spiro atoms. The second-order valence-electron chi connectivity index (χ2n) is 6.35. The van der Waals surface area contributed by atoms with Crippen molar-refractivity contribution >= 4 is 39.0 Å². The van der Waals surface area contributed by atoms with Crippen LogP contribution in [0, 0.1) is 0 Å². The third-order valence-corrected chi connectivity index (χ3v) is 5.55. The summed E-state index contributed by atoms with van der Waals surface area (Å²) in [5, 5.41) is 18.3. The van der Waals surface area contributed by atoms with Gasteiger partial charge in [-0.05, 0) is 34.5 Å². The van der Waals surface area contributed by atoms with Crippen LogP contribution in [0.3, 0.4) is 0 Å². The molecule has 0 unspecified atom stereocenters. The van der Waals surface area contributed by atoms with Crippen LogP contribution >= 0.6 is 11.3 Å². The average molecular weight is 402 g/mol. The molecule has 1 aromatic heterocycles. The molecule has 144 valence electrons. The van der Waals surface area contributed by atoms with Gasteiger partial charge in [-0.25, -0.2) is 0 Å². The van der Waals surface area contributed by atoms with Gasteiger partial charge in [-0.1, -0.05) is 48.5 Å². The van der Waals surface area contributed by atoms with Gasteiger partial charge in [-0.15, -0.1) is 11.3 Å². The van der Waals surface area contributed by atoms with E-state index in [0.717, 1.165) is 22.1 Å². The Hall–Kier alpha value is -3.64. The fraction of sp³-hybridized carbons (Fsp3) is 0.0435. The molecule has 0 atom stereocenters. The molecular weight excluding hydrogens is 386 g/mol. The number of carboxylic acids is 1. The lowest BCUT2D eigenvalue weighted by Crippen LogP contribution is -2.24. The zero-order valence-electron chi connectivity index (χ0n) is 15.5. The van der Waals surface area contributed by atoms with Gasteiger partial charge in [0.25, 0.3) is 5.91 Å². The number of hydrogen-bond donors (Lipinski definition) is 1. The van der Waals surface area contributed by atoms with Crippen molar-refractivity contribution < 1.29 is 19.4 Å². The van der Waals surface area contributed by atoms with Crippen molar-refractivity contribution in [1.29, 1.82) is 0 Å². The van der Waals surface area contributed by atoms with E-state index in [-0.39, 0.29) is 16.5 Å². The van der Waals surface area contributed by atoms with Crippen LogP contribution in [0.1, 0.15) is 20.7 Å². The Bertz CT molecular complexity index is 1210. The number of anilines is 1. The quantitative estimate of drug-likeness (QED) is 0.543. The number of rotatable bonds is 5. The van der Waals surface area contributed by atoms with Gasteiger partial charge in [0.2, 0.25) is 0 Å². The van der Waals surface area contributed by atoms with E-state index >= 15 is 0 Å². The minimum Gasteiger partial charge on any atom is -0.545 e. The van der Waals surface area contributed by atoms with Gasteiger partial charge in [0.1, 0.15) is 10.8 Å². The van der Waals surface area contributed by atoms with E-state index in [4.69, 9.17) is 4.74 Å². The highest BCUT2D eigenvalue weighted by molar-refractivity contribution is 7.15. The molecule has 4 rings (SSSR count). The smallest absolute Gasteiger partial charge is 0.256 e. The summed E-state index contributed by atoms with van der Waals surface area (Å²) in [6.07, 6.45) is 0. The SMILES string of the molecule is COc1ccc(-c2csc(NC(=O)c3cccc4ccccc34)c2C(=O)[O-])cc1. The van der Waals surface area contributed by atoms with Crippen LogP contribution in [0.15, 0.2) is 72.1 Å². The predicted molar refractivity (Wildman–Crippen MR) is 113 cm³/mol. The molecule has 0 aliphatic heterocycles. The molecule has 0 saturated carbocycles. The molecule has 29 heavy (non-hydrogen) atoms. The normalized spacial score (nSPS) is 10.7. The summed E-state index contributed by atoms with van der Waals surface area (Å²) in [7, 11) is 1.56. The van der Waals surface area contributed by atoms with Gasteiger partial charge in [-0.2, -0.15) is 0 Å². The lowest BCUT2D eigenvalue weighted by Gasteiger charge is -2.11. The Balaban J connectivity index is 1.71. The molecular formula is C23H16NO4S-. The van der Waals surface area contributed by atoms with Crippen LogP contribution < -0.4 is 15.2 Å². The Labute approximate surface area is 171 Å². The second kappa shape index (κ2) is 7.77. The van der Waals surface area contributed by atoms with E-state index in [1.807, 2.05) is 30.3 Å². The third-order valence-electron chi connectivity index (χ3n) is 4.66. The number of benzene rings is 3. The lowest BCUT2D eigenvalue weighted by molar-refractivity contribution is -0.254. The molecule has 6 heteroatoms. The highest BCUT2D eigenvalue weighted by Gasteiger charge is 2.18. The summed E-state index contributed by atoms with van der Waals surface area (Å²) < 4.78 is 5.14. The Morgan fingerprint density at radius 2 is 1.69 bits per heavy atom. The largest absolute Gasteiger partial charge is 0.545 e. The van der Waals surface area contributed by atoms with Gasteiger partial charge in [-0.3, -0.25) is 4.79 Å². The molecule has 1 N–H and O–H groups in total. The van der Waals surface area contributed by atoms with Gasteiger partial charge in [0, 0.05) is 22.1 Å². The first kappa shape index (κ1) is 18.7. The summed E-state index contributed by atoms with van der Waals surface area (Å²) in [4.78, 5) is 24.7. The van der Waals surface area contributed by atoms with E-state index in [2.05, 4.69) is 5.32 Å². The Morgan fingerprint density at radius 1 is 0.966 bits per heavy atom. The molecule has 0 bridgehead atoms. The van der Waals surface area contributed by atoms with Gasteiger partial charge in [0.15, 0.2) is 0 Å². The number of fused-ring (bicyclic) bond motifs is 1. The minimum atomic E-state index is -1.34. The monoisotopic (exact) mass is 402 g/mol. The zero-order chi connectivity index (χ0) is 20.4. The van der Waals surface area contributed by atoms with E-state index < -0.39 is 5.97 Å². The Morgan fingerprint density at radius 3 is 2.41 bits per heavy atom. The average Bonchev–Trinajstić information content (AvgIpc) is 3.17. The van der Waals surface area contributed by atoms with Crippen LogP contribution in [0.4, 0.5) is 5.00 Å². The second-order valence-corrected chi connectivity index (χ2v) is 7.23. The number of nitrogens with one attached hydrogen (secondary N) is 1. The molecule has 5 nitrogen and oxygen atoms in total. The first-order chi connectivity index (χ1) is 14.1. The van der Waals surface area contributed by atoms with Crippen molar-refractivity contribution in [2.45, 2.75) is 0 Å². The fourth-order valence-corrected chi connectivity index (χ4v) is 4.18. The fourth-order valence-electron chi connectivity index (χ4n) is 3.23. The standard InChI is InChI=1S/C23H17NO4S/c1-28-16-11-9-15(10-12-16)19-13-29-22(20(19)23(26)27)24-21(25)18-8-4-6-14-5-2-3-7-17(14)18/h2-13H,1H3,(H,24,25)(H,26,27)/p-1. The molecule has 3 aromatic carbocycles. The first-order valence-corrected chi connectivity index (χ1v) is 9.73. The molecule has 0 radical (unpaired) electrons. The number of carbonyl (C=O) groups excluding carboxylic acids is 2. The maximum atomic E-state index is 12.9. The molecule has 0 saturated heterocycles. The molecule has 1 heterocycles. The number of carbonyl (C=O) groups is 2. The number of hydrogen-bond acceptors (Lipinski definition) is 5. The maximum absolute atomic E-state index is 12.9. The molecule has 4 aromatic rings. The van der Waals surface area contributed by atoms with Crippen LogP contribution in [0.25, 0.3) is 21.9 Å². The van der Waals surface area contributed by atoms with Crippen LogP contribution in [0.2, 0.25) is 0 Å². The van der Waals surface area contributed by atoms with Crippen LogP contribution in [-0.2, 0) is 0 Å². The van der Waals surface area contributed by atoms with E-state index in [9.17, 15) is 14.7 Å². The van der Waals surface area contributed by atoms with E-state index in [1.165, 1.54) is 0 Å². The van der Waals surface area contributed by atoms with E-state index in [1.54, 1.807) is 48.9 Å². The topological polar surface area (TPSA) is 78.5 Å². The highest BCUT2D eigenvalue weighted by Crippen LogP contribution is 2.36. The van der Waals surface area contributed by atoms with Crippen LogP contribution in [0.5, 0.6) is 5.75 Å². The summed E-state index contributed by atoms with van der Waals surface area (Å²) in [6.45, 7) is 0. The summed E-state index contributed by atoms with van der Waals surface area (Å²) in [5.41, 5.74) is 1.64.